The normalized spacial score (nSPS) is 19.6. The van der Waals surface area contributed by atoms with Crippen LogP contribution in [-0.2, 0) is 4.79 Å². The molecule has 2 aromatic rings. The number of para-hydroxylation sites is 1. The van der Waals surface area contributed by atoms with Gasteiger partial charge in [0.1, 0.15) is 0 Å². The summed E-state index contributed by atoms with van der Waals surface area (Å²) in [5.74, 6) is 0.153. The Labute approximate surface area is 153 Å². The lowest BCUT2D eigenvalue weighted by atomic mass is 9.92. The third-order valence-corrected chi connectivity index (χ3v) is 5.78. The quantitative estimate of drug-likeness (QED) is 0.890. The largest absolute Gasteiger partial charge is 0.353 e. The molecule has 0 radical (unpaired) electrons. The maximum absolute atomic E-state index is 12.8. The van der Waals surface area contributed by atoms with Crippen molar-refractivity contribution in [1.82, 2.24) is 20.4 Å². The van der Waals surface area contributed by atoms with Crippen molar-refractivity contribution in [2.75, 3.05) is 13.1 Å². The number of rotatable bonds is 3. The van der Waals surface area contributed by atoms with Gasteiger partial charge in [-0.15, -0.1) is 0 Å². The summed E-state index contributed by atoms with van der Waals surface area (Å²) in [5.41, 5.74) is 1.35. The van der Waals surface area contributed by atoms with Crippen LogP contribution in [-0.4, -0.2) is 46.0 Å². The molecule has 2 amide bonds. The Morgan fingerprint density at radius 2 is 1.77 bits per heavy atom. The van der Waals surface area contributed by atoms with Crippen molar-refractivity contribution in [2.24, 2.45) is 5.92 Å². The number of piperidine rings is 1. The predicted molar refractivity (Wildman–Crippen MR) is 99.7 cm³/mol. The van der Waals surface area contributed by atoms with Gasteiger partial charge in [0.05, 0.1) is 5.52 Å². The second-order valence-electron chi connectivity index (χ2n) is 7.53. The molecule has 6 nitrogen and oxygen atoms in total. The van der Waals surface area contributed by atoms with Gasteiger partial charge in [-0.05, 0) is 31.7 Å². The van der Waals surface area contributed by atoms with Crippen LogP contribution >= 0.6 is 0 Å². The molecule has 0 unspecified atom stereocenters. The number of hydrogen-bond acceptors (Lipinski definition) is 3. The number of hydrogen-bond donors (Lipinski definition) is 2. The summed E-state index contributed by atoms with van der Waals surface area (Å²) in [7, 11) is 0. The zero-order chi connectivity index (χ0) is 17.9. The molecule has 26 heavy (non-hydrogen) atoms. The van der Waals surface area contributed by atoms with E-state index in [1.807, 2.05) is 29.2 Å². The second-order valence-corrected chi connectivity index (χ2v) is 7.53. The molecule has 1 aliphatic heterocycles. The van der Waals surface area contributed by atoms with E-state index in [-0.39, 0.29) is 17.7 Å². The molecule has 2 fully saturated rings. The molecule has 6 heteroatoms. The Bertz CT molecular complexity index is 786. The summed E-state index contributed by atoms with van der Waals surface area (Å²) in [6.45, 7) is 1.23. The van der Waals surface area contributed by atoms with Crippen LogP contribution in [0.2, 0.25) is 0 Å². The van der Waals surface area contributed by atoms with Gasteiger partial charge in [-0.2, -0.15) is 5.10 Å². The van der Waals surface area contributed by atoms with Crippen LogP contribution in [0.4, 0.5) is 0 Å². The molecular weight excluding hydrogens is 328 g/mol. The van der Waals surface area contributed by atoms with Crippen LogP contribution in [0.1, 0.15) is 55.4 Å². The fourth-order valence-corrected chi connectivity index (χ4v) is 4.19. The summed E-state index contributed by atoms with van der Waals surface area (Å²) < 4.78 is 0. The van der Waals surface area contributed by atoms with Gasteiger partial charge in [0.2, 0.25) is 5.91 Å². The maximum Gasteiger partial charge on any atom is 0.274 e. The van der Waals surface area contributed by atoms with Crippen LogP contribution in [0.5, 0.6) is 0 Å². The lowest BCUT2D eigenvalue weighted by molar-refractivity contribution is -0.127. The van der Waals surface area contributed by atoms with Crippen molar-refractivity contribution in [3.8, 4) is 0 Å². The molecule has 2 heterocycles. The molecule has 0 spiro atoms. The number of aromatic amines is 1. The van der Waals surface area contributed by atoms with Gasteiger partial charge >= 0.3 is 0 Å². The van der Waals surface area contributed by atoms with Crippen molar-refractivity contribution in [3.63, 3.8) is 0 Å². The highest BCUT2D eigenvalue weighted by Gasteiger charge is 2.30. The molecular formula is C20H26N4O2. The Morgan fingerprint density at radius 3 is 2.54 bits per heavy atom. The van der Waals surface area contributed by atoms with Gasteiger partial charge in [-0.3, -0.25) is 14.7 Å². The highest BCUT2D eigenvalue weighted by Crippen LogP contribution is 2.23. The van der Waals surface area contributed by atoms with Gasteiger partial charge in [0, 0.05) is 30.4 Å². The first-order valence-corrected chi connectivity index (χ1v) is 9.75. The smallest absolute Gasteiger partial charge is 0.274 e. The van der Waals surface area contributed by atoms with E-state index in [1.165, 1.54) is 19.3 Å². The number of nitrogens with one attached hydrogen (secondary N) is 2. The molecule has 4 rings (SSSR count). The summed E-state index contributed by atoms with van der Waals surface area (Å²) in [5, 5.41) is 11.2. The number of aromatic nitrogens is 2. The average Bonchev–Trinajstić information content (AvgIpc) is 3.12. The minimum absolute atomic E-state index is 0.0249. The SMILES string of the molecule is O=C(NC1CCCCC1)C1CCN(C(=O)c2n[nH]c3ccccc23)CC1. The van der Waals surface area contributed by atoms with Crippen LogP contribution < -0.4 is 5.32 Å². The molecule has 1 aliphatic carbocycles. The molecule has 1 aromatic carbocycles. The third kappa shape index (κ3) is 3.45. The zero-order valence-electron chi connectivity index (χ0n) is 15.0. The summed E-state index contributed by atoms with van der Waals surface area (Å²) >= 11 is 0. The van der Waals surface area contributed by atoms with Crippen LogP contribution in [0.25, 0.3) is 10.9 Å². The number of H-pyrrole nitrogens is 1. The fourth-order valence-electron chi connectivity index (χ4n) is 4.19. The Morgan fingerprint density at radius 1 is 1.04 bits per heavy atom. The van der Waals surface area contributed by atoms with E-state index in [0.717, 1.165) is 36.6 Å². The molecule has 1 aromatic heterocycles. The number of carbonyl (C=O) groups excluding carboxylic acids is 2. The molecule has 2 aliphatic rings. The molecule has 2 N–H and O–H groups in total. The van der Waals surface area contributed by atoms with Gasteiger partial charge in [-0.1, -0.05) is 37.5 Å². The summed E-state index contributed by atoms with van der Waals surface area (Å²) in [6.07, 6.45) is 7.39. The van der Waals surface area contributed by atoms with E-state index < -0.39 is 0 Å². The Balaban J connectivity index is 1.34. The van der Waals surface area contributed by atoms with Crippen molar-refractivity contribution in [1.29, 1.82) is 0 Å². The lowest BCUT2D eigenvalue weighted by Crippen LogP contribution is -2.45. The minimum Gasteiger partial charge on any atom is -0.353 e. The Hall–Kier alpha value is -2.37. The maximum atomic E-state index is 12.8. The number of fused-ring (bicyclic) bond motifs is 1. The number of benzene rings is 1. The summed E-state index contributed by atoms with van der Waals surface area (Å²) in [6, 6.07) is 8.02. The number of likely N-dealkylation sites (tertiary alicyclic amines) is 1. The highest BCUT2D eigenvalue weighted by molar-refractivity contribution is 6.04. The zero-order valence-corrected chi connectivity index (χ0v) is 15.0. The number of nitrogens with zero attached hydrogens (tertiary/aromatic N) is 2. The van der Waals surface area contributed by atoms with E-state index >= 15 is 0 Å². The fraction of sp³-hybridized carbons (Fsp3) is 0.550. The lowest BCUT2D eigenvalue weighted by Gasteiger charge is -2.32. The second kappa shape index (κ2) is 7.48. The van der Waals surface area contributed by atoms with Crippen molar-refractivity contribution >= 4 is 22.7 Å². The van der Waals surface area contributed by atoms with Gasteiger partial charge < -0.3 is 10.2 Å². The monoisotopic (exact) mass is 354 g/mol. The molecule has 0 atom stereocenters. The minimum atomic E-state index is -0.0476. The van der Waals surface area contributed by atoms with Crippen molar-refractivity contribution in [3.05, 3.63) is 30.0 Å². The van der Waals surface area contributed by atoms with Crippen LogP contribution in [0, 0.1) is 5.92 Å². The van der Waals surface area contributed by atoms with E-state index in [2.05, 4.69) is 15.5 Å². The van der Waals surface area contributed by atoms with Gasteiger partial charge in [0.15, 0.2) is 5.69 Å². The molecule has 0 bridgehead atoms. The van der Waals surface area contributed by atoms with Gasteiger partial charge in [0.25, 0.3) is 5.91 Å². The van der Waals surface area contributed by atoms with Crippen molar-refractivity contribution < 1.29 is 9.59 Å². The molecule has 138 valence electrons. The average molecular weight is 354 g/mol. The van der Waals surface area contributed by atoms with Crippen LogP contribution in [0.15, 0.2) is 24.3 Å². The molecule has 1 saturated carbocycles. The van der Waals surface area contributed by atoms with E-state index in [4.69, 9.17) is 0 Å². The number of amides is 2. The number of carbonyl (C=O) groups is 2. The first-order chi connectivity index (χ1) is 12.7. The first kappa shape index (κ1) is 17.1. The van der Waals surface area contributed by atoms with Gasteiger partial charge in [-0.25, -0.2) is 0 Å². The standard InChI is InChI=1S/C20H26N4O2/c25-19(21-15-6-2-1-3-7-15)14-10-12-24(13-11-14)20(26)18-16-8-4-5-9-17(16)22-23-18/h4-5,8-9,14-15H,1-3,6-7,10-13H2,(H,21,25)(H,22,23). The van der Waals surface area contributed by atoms with E-state index in [1.54, 1.807) is 0 Å². The predicted octanol–water partition coefficient (Wildman–Crippen LogP) is 2.86. The van der Waals surface area contributed by atoms with Crippen LogP contribution in [0.3, 0.4) is 0 Å². The van der Waals surface area contributed by atoms with E-state index in [9.17, 15) is 9.59 Å². The summed E-state index contributed by atoms with van der Waals surface area (Å²) in [4.78, 5) is 27.2. The van der Waals surface area contributed by atoms with Crippen molar-refractivity contribution in [2.45, 2.75) is 51.0 Å². The Kier molecular flexibility index (Phi) is 4.91. The van der Waals surface area contributed by atoms with E-state index in [0.29, 0.717) is 24.8 Å². The highest BCUT2D eigenvalue weighted by atomic mass is 16.2. The third-order valence-electron chi connectivity index (χ3n) is 5.78. The first-order valence-electron chi connectivity index (χ1n) is 9.75. The molecule has 1 saturated heterocycles. The topological polar surface area (TPSA) is 78.1 Å².